The Bertz CT molecular complexity index is 601. The van der Waals surface area contributed by atoms with Gasteiger partial charge in [0.25, 0.3) is 0 Å². The number of benzene rings is 1. The van der Waals surface area contributed by atoms with E-state index in [1.165, 1.54) is 12.1 Å². The normalized spacial score (nSPS) is 10.1. The molecule has 1 heterocycles. The molecule has 0 amide bonds. The first-order valence-corrected chi connectivity index (χ1v) is 5.27. The number of rotatable bonds is 4. The van der Waals surface area contributed by atoms with Gasteiger partial charge in [-0.3, -0.25) is 4.79 Å². The molecule has 0 saturated carbocycles. The number of carboxylic acid groups (broad SMARTS) is 1. The predicted molar refractivity (Wildman–Crippen MR) is 66.0 cm³/mol. The highest BCUT2D eigenvalue weighted by molar-refractivity contribution is 5.98. The van der Waals surface area contributed by atoms with Crippen LogP contribution in [0.5, 0.6) is 0 Å². The molecule has 2 N–H and O–H groups in total. The van der Waals surface area contributed by atoms with Gasteiger partial charge in [0.05, 0.1) is 11.3 Å². The minimum absolute atomic E-state index is 0.152. The minimum Gasteiger partial charge on any atom is -0.478 e. The first-order chi connectivity index (χ1) is 8.67. The summed E-state index contributed by atoms with van der Waals surface area (Å²) >= 11 is 0. The van der Waals surface area contributed by atoms with E-state index >= 15 is 0 Å². The molecule has 5 nitrogen and oxygen atoms in total. The Labute approximate surface area is 103 Å². The fraction of sp³-hybridized carbons (Fsp3) is 0.0769. The smallest absolute Gasteiger partial charge is 0.337 e. The van der Waals surface area contributed by atoms with Crippen molar-refractivity contribution in [1.29, 1.82) is 0 Å². The number of carbonyl (C=O) groups is 2. The van der Waals surface area contributed by atoms with Gasteiger partial charge in [-0.2, -0.15) is 0 Å². The third-order valence-electron chi connectivity index (χ3n) is 2.55. The number of carboxylic acids is 1. The van der Waals surface area contributed by atoms with Crippen molar-refractivity contribution < 1.29 is 19.1 Å². The molecule has 0 aliphatic heterocycles. The van der Waals surface area contributed by atoms with Gasteiger partial charge >= 0.3 is 5.97 Å². The van der Waals surface area contributed by atoms with E-state index in [1.54, 1.807) is 25.2 Å². The largest absolute Gasteiger partial charge is 0.478 e. The number of aldehydes is 1. The van der Waals surface area contributed by atoms with E-state index in [0.29, 0.717) is 23.3 Å². The van der Waals surface area contributed by atoms with Crippen LogP contribution in [0.3, 0.4) is 0 Å². The van der Waals surface area contributed by atoms with Gasteiger partial charge in [0.15, 0.2) is 12.0 Å². The van der Waals surface area contributed by atoms with Crippen molar-refractivity contribution in [1.82, 2.24) is 0 Å². The van der Waals surface area contributed by atoms with E-state index in [1.807, 2.05) is 0 Å². The maximum Gasteiger partial charge on any atom is 0.337 e. The summed E-state index contributed by atoms with van der Waals surface area (Å²) in [4.78, 5) is 21.7. The van der Waals surface area contributed by atoms with E-state index in [-0.39, 0.29) is 11.3 Å². The van der Waals surface area contributed by atoms with Crippen LogP contribution in [0.15, 0.2) is 34.7 Å². The number of nitrogens with one attached hydrogen (secondary N) is 1. The molecule has 0 spiro atoms. The van der Waals surface area contributed by atoms with Crippen LogP contribution < -0.4 is 5.32 Å². The van der Waals surface area contributed by atoms with Crippen molar-refractivity contribution in [2.45, 2.75) is 0 Å². The highest BCUT2D eigenvalue weighted by Crippen LogP contribution is 2.31. The van der Waals surface area contributed by atoms with Gasteiger partial charge in [-0.15, -0.1) is 0 Å². The number of hydrogen-bond acceptors (Lipinski definition) is 4. The van der Waals surface area contributed by atoms with Crippen LogP contribution in [0.2, 0.25) is 0 Å². The Balaban J connectivity index is 2.59. The molecule has 1 aromatic carbocycles. The second-order valence-corrected chi connectivity index (χ2v) is 3.60. The lowest BCUT2D eigenvalue weighted by atomic mass is 10.1. The lowest BCUT2D eigenvalue weighted by Gasteiger charge is -2.09. The highest BCUT2D eigenvalue weighted by Gasteiger charge is 2.15. The van der Waals surface area contributed by atoms with Crippen molar-refractivity contribution in [3.63, 3.8) is 0 Å². The number of carbonyl (C=O) groups excluding carboxylic acids is 1. The van der Waals surface area contributed by atoms with Crippen molar-refractivity contribution in [2.75, 3.05) is 12.4 Å². The summed E-state index contributed by atoms with van der Waals surface area (Å²) in [6.07, 6.45) is 0.601. The van der Waals surface area contributed by atoms with Gasteiger partial charge in [0, 0.05) is 12.6 Å². The fourth-order valence-electron chi connectivity index (χ4n) is 1.77. The summed E-state index contributed by atoms with van der Waals surface area (Å²) in [6.45, 7) is 0. The first-order valence-electron chi connectivity index (χ1n) is 5.27. The van der Waals surface area contributed by atoms with Crippen LogP contribution in [0.1, 0.15) is 20.9 Å². The van der Waals surface area contributed by atoms with Crippen LogP contribution in [-0.4, -0.2) is 24.4 Å². The Kier molecular flexibility index (Phi) is 3.14. The van der Waals surface area contributed by atoms with Gasteiger partial charge < -0.3 is 14.8 Å². The predicted octanol–water partition coefficient (Wildman–Crippen LogP) is 2.50. The number of hydrogen-bond donors (Lipinski definition) is 2. The Morgan fingerprint density at radius 3 is 2.67 bits per heavy atom. The summed E-state index contributed by atoms with van der Waals surface area (Å²) in [5.41, 5.74) is 1.21. The monoisotopic (exact) mass is 245 g/mol. The lowest BCUT2D eigenvalue weighted by Crippen LogP contribution is -2.03. The fourth-order valence-corrected chi connectivity index (χ4v) is 1.77. The Morgan fingerprint density at radius 2 is 2.11 bits per heavy atom. The molecule has 0 radical (unpaired) electrons. The molecule has 18 heavy (non-hydrogen) atoms. The average Bonchev–Trinajstić information content (AvgIpc) is 2.86. The molecule has 0 unspecified atom stereocenters. The van der Waals surface area contributed by atoms with Gasteiger partial charge in [-0.1, -0.05) is 6.07 Å². The summed E-state index contributed by atoms with van der Waals surface area (Å²) < 4.78 is 5.30. The SMILES string of the molecule is CNc1c(C(=O)O)cccc1-c1ccc(C=O)o1. The van der Waals surface area contributed by atoms with E-state index in [2.05, 4.69) is 5.32 Å². The summed E-state index contributed by atoms with van der Waals surface area (Å²) in [6, 6.07) is 8.02. The Hall–Kier alpha value is -2.56. The lowest BCUT2D eigenvalue weighted by molar-refractivity contribution is 0.0698. The van der Waals surface area contributed by atoms with Crippen molar-refractivity contribution in [2.24, 2.45) is 0 Å². The zero-order valence-corrected chi connectivity index (χ0v) is 9.64. The summed E-state index contributed by atoms with van der Waals surface area (Å²) in [5.74, 6) is -0.374. The van der Waals surface area contributed by atoms with Gasteiger partial charge in [0.1, 0.15) is 5.76 Å². The van der Waals surface area contributed by atoms with E-state index in [0.717, 1.165) is 0 Å². The number of furan rings is 1. The number of anilines is 1. The minimum atomic E-state index is -1.02. The molecule has 0 atom stereocenters. The number of para-hydroxylation sites is 1. The Morgan fingerprint density at radius 1 is 1.33 bits per heavy atom. The standard InChI is InChI=1S/C13H11NO4/c1-14-12-9(3-2-4-10(12)13(16)17)11-6-5-8(7-15)18-11/h2-7,14H,1H3,(H,16,17). The molecule has 0 bridgehead atoms. The summed E-state index contributed by atoms with van der Waals surface area (Å²) in [5, 5.41) is 11.9. The van der Waals surface area contributed by atoms with Crippen LogP contribution in [0, 0.1) is 0 Å². The third kappa shape index (κ3) is 1.98. The average molecular weight is 245 g/mol. The van der Waals surface area contributed by atoms with Crippen LogP contribution in [0.4, 0.5) is 5.69 Å². The number of aromatic carboxylic acids is 1. The van der Waals surface area contributed by atoms with E-state index in [9.17, 15) is 9.59 Å². The molecule has 1 aromatic heterocycles. The molecule has 0 fully saturated rings. The van der Waals surface area contributed by atoms with Gasteiger partial charge in [-0.05, 0) is 24.3 Å². The molecule has 5 heteroatoms. The van der Waals surface area contributed by atoms with Crippen molar-refractivity contribution in [3.05, 3.63) is 41.7 Å². The van der Waals surface area contributed by atoms with Gasteiger partial charge in [-0.25, -0.2) is 4.79 Å². The van der Waals surface area contributed by atoms with Gasteiger partial charge in [0.2, 0.25) is 0 Å². The molecule has 92 valence electrons. The maximum absolute atomic E-state index is 11.1. The molecule has 2 aromatic rings. The van der Waals surface area contributed by atoms with Crippen LogP contribution >= 0.6 is 0 Å². The second kappa shape index (κ2) is 4.75. The zero-order valence-electron chi connectivity index (χ0n) is 9.64. The van der Waals surface area contributed by atoms with E-state index < -0.39 is 5.97 Å². The zero-order chi connectivity index (χ0) is 13.1. The quantitative estimate of drug-likeness (QED) is 0.809. The molecular formula is C13H11NO4. The van der Waals surface area contributed by atoms with Crippen molar-refractivity contribution in [3.8, 4) is 11.3 Å². The third-order valence-corrected chi connectivity index (χ3v) is 2.55. The second-order valence-electron chi connectivity index (χ2n) is 3.60. The molecule has 2 rings (SSSR count). The van der Waals surface area contributed by atoms with E-state index in [4.69, 9.17) is 9.52 Å². The maximum atomic E-state index is 11.1. The molecule has 0 aliphatic rings. The first kappa shape index (κ1) is 11.9. The molecule has 0 saturated heterocycles. The van der Waals surface area contributed by atoms with Crippen molar-refractivity contribution >= 4 is 17.9 Å². The topological polar surface area (TPSA) is 79.5 Å². The van der Waals surface area contributed by atoms with Crippen LogP contribution in [-0.2, 0) is 0 Å². The molecule has 0 aliphatic carbocycles. The summed E-state index contributed by atoms with van der Waals surface area (Å²) in [7, 11) is 1.63. The van der Waals surface area contributed by atoms with Crippen LogP contribution in [0.25, 0.3) is 11.3 Å². The highest BCUT2D eigenvalue weighted by atomic mass is 16.4. The molecular weight excluding hydrogens is 234 g/mol.